The van der Waals surface area contributed by atoms with Crippen LogP contribution in [0, 0.1) is 0 Å². The molecular weight excluding hydrogens is 286 g/mol. The summed E-state index contributed by atoms with van der Waals surface area (Å²) in [7, 11) is 0. The molecule has 1 aliphatic rings. The highest BCUT2D eigenvalue weighted by atomic mass is 79.9. The Morgan fingerprint density at radius 3 is 3.00 bits per heavy atom. The molecule has 0 aromatic carbocycles. The van der Waals surface area contributed by atoms with Gasteiger partial charge >= 0.3 is 5.97 Å². The molecule has 2 heterocycles. The molecule has 5 heteroatoms. The Balaban J connectivity index is 2.32. The minimum atomic E-state index is -0.885. The molecule has 0 fully saturated rings. The second kappa shape index (κ2) is 4.64. The zero-order chi connectivity index (χ0) is 12.5. The van der Waals surface area contributed by atoms with Crippen molar-refractivity contribution >= 4 is 21.9 Å². The second-order valence-electron chi connectivity index (χ2n) is 3.93. The van der Waals surface area contributed by atoms with Crippen LogP contribution in [-0.4, -0.2) is 23.2 Å². The Morgan fingerprint density at radius 1 is 1.65 bits per heavy atom. The lowest BCUT2D eigenvalue weighted by atomic mass is 9.95. The van der Waals surface area contributed by atoms with E-state index in [2.05, 4.69) is 20.9 Å². The van der Waals surface area contributed by atoms with Crippen molar-refractivity contribution in [2.75, 3.05) is 6.61 Å². The van der Waals surface area contributed by atoms with Gasteiger partial charge < -0.3 is 9.47 Å². The highest BCUT2D eigenvalue weighted by molar-refractivity contribution is 9.10. The monoisotopic (exact) mass is 299 g/mol. The maximum absolute atomic E-state index is 12.0. The van der Waals surface area contributed by atoms with E-state index >= 15 is 0 Å². The summed E-state index contributed by atoms with van der Waals surface area (Å²) in [5.41, 5.74) is 0.0478. The van der Waals surface area contributed by atoms with Crippen molar-refractivity contribution in [2.45, 2.75) is 32.3 Å². The molecule has 0 saturated heterocycles. The standard InChI is InChI=1S/C12H14BrNO3/c1-3-12(11(15)16-4-2)7-8-9(17-12)5-6-14-10(8)13/h5-6H,3-4,7H2,1-2H3. The van der Waals surface area contributed by atoms with Crippen LogP contribution in [0.1, 0.15) is 25.8 Å². The first-order chi connectivity index (χ1) is 8.13. The van der Waals surface area contributed by atoms with Gasteiger partial charge in [0.2, 0.25) is 5.60 Å². The molecule has 1 atom stereocenters. The van der Waals surface area contributed by atoms with E-state index < -0.39 is 5.60 Å². The zero-order valence-electron chi connectivity index (χ0n) is 9.83. The Kier molecular flexibility index (Phi) is 3.38. The van der Waals surface area contributed by atoms with E-state index in [1.807, 2.05) is 6.92 Å². The lowest BCUT2D eigenvalue weighted by Crippen LogP contribution is -2.44. The molecule has 1 aliphatic heterocycles. The number of pyridine rings is 1. The van der Waals surface area contributed by atoms with E-state index in [0.717, 1.165) is 10.2 Å². The molecule has 0 amide bonds. The quantitative estimate of drug-likeness (QED) is 0.635. The van der Waals surface area contributed by atoms with Gasteiger partial charge in [0.05, 0.1) is 6.61 Å². The van der Waals surface area contributed by atoms with Gasteiger partial charge in [-0.15, -0.1) is 0 Å². The van der Waals surface area contributed by atoms with Crippen LogP contribution in [0.25, 0.3) is 0 Å². The molecule has 2 rings (SSSR count). The van der Waals surface area contributed by atoms with Crippen LogP contribution in [0.4, 0.5) is 0 Å². The van der Waals surface area contributed by atoms with Crippen molar-refractivity contribution in [3.63, 3.8) is 0 Å². The average molecular weight is 300 g/mol. The molecule has 17 heavy (non-hydrogen) atoms. The first-order valence-corrected chi connectivity index (χ1v) is 6.42. The van der Waals surface area contributed by atoms with Crippen LogP contribution in [0.3, 0.4) is 0 Å². The summed E-state index contributed by atoms with van der Waals surface area (Å²) in [5.74, 6) is 0.410. The SMILES string of the molecule is CCOC(=O)C1(CC)Cc2c(ccnc2Br)O1. The van der Waals surface area contributed by atoms with Crippen LogP contribution < -0.4 is 4.74 Å². The lowest BCUT2D eigenvalue weighted by Gasteiger charge is -2.24. The molecule has 1 aromatic heterocycles. The number of ether oxygens (including phenoxy) is 2. The molecule has 0 aliphatic carbocycles. The van der Waals surface area contributed by atoms with Gasteiger partial charge in [-0.1, -0.05) is 6.92 Å². The molecule has 0 N–H and O–H groups in total. The van der Waals surface area contributed by atoms with Gasteiger partial charge in [-0.2, -0.15) is 0 Å². The summed E-state index contributed by atoms with van der Waals surface area (Å²) < 4.78 is 11.6. The molecule has 4 nitrogen and oxygen atoms in total. The third-order valence-corrected chi connectivity index (χ3v) is 3.63. The predicted molar refractivity (Wildman–Crippen MR) is 65.9 cm³/mol. The van der Waals surface area contributed by atoms with Crippen molar-refractivity contribution in [3.8, 4) is 5.75 Å². The Bertz CT molecular complexity index is 449. The predicted octanol–water partition coefficient (Wildman–Crippen LogP) is 2.49. The van der Waals surface area contributed by atoms with Crippen LogP contribution in [-0.2, 0) is 16.0 Å². The molecule has 0 bridgehead atoms. The molecule has 0 radical (unpaired) electrons. The number of esters is 1. The van der Waals surface area contributed by atoms with E-state index in [1.54, 1.807) is 19.2 Å². The fraction of sp³-hybridized carbons (Fsp3) is 0.500. The molecule has 92 valence electrons. The maximum atomic E-state index is 12.0. The highest BCUT2D eigenvalue weighted by Gasteiger charge is 2.47. The van der Waals surface area contributed by atoms with Gasteiger partial charge in [-0.05, 0) is 35.3 Å². The van der Waals surface area contributed by atoms with Crippen molar-refractivity contribution in [3.05, 3.63) is 22.4 Å². The van der Waals surface area contributed by atoms with Crippen LogP contribution in [0.5, 0.6) is 5.75 Å². The van der Waals surface area contributed by atoms with E-state index in [4.69, 9.17) is 9.47 Å². The van der Waals surface area contributed by atoms with Crippen LogP contribution in [0.2, 0.25) is 0 Å². The van der Waals surface area contributed by atoms with Gasteiger partial charge in [-0.3, -0.25) is 0 Å². The zero-order valence-corrected chi connectivity index (χ0v) is 11.4. The normalized spacial score (nSPS) is 21.8. The fourth-order valence-corrected chi connectivity index (χ4v) is 2.41. The molecule has 0 spiro atoms. The number of fused-ring (bicyclic) bond motifs is 1. The summed E-state index contributed by atoms with van der Waals surface area (Å²) in [6.07, 6.45) is 2.73. The second-order valence-corrected chi connectivity index (χ2v) is 4.68. The first kappa shape index (κ1) is 12.4. The third kappa shape index (κ3) is 2.04. The number of carbonyl (C=O) groups is 1. The highest BCUT2D eigenvalue weighted by Crippen LogP contribution is 2.40. The van der Waals surface area contributed by atoms with E-state index in [1.165, 1.54) is 0 Å². The van der Waals surface area contributed by atoms with Crippen molar-refractivity contribution in [1.29, 1.82) is 0 Å². The largest absolute Gasteiger partial charge is 0.475 e. The van der Waals surface area contributed by atoms with E-state index in [-0.39, 0.29) is 5.97 Å². The van der Waals surface area contributed by atoms with Gasteiger partial charge in [0.15, 0.2) is 0 Å². The minimum Gasteiger partial charge on any atom is -0.475 e. The topological polar surface area (TPSA) is 48.4 Å². The molecule has 1 unspecified atom stereocenters. The van der Waals surface area contributed by atoms with Gasteiger partial charge in [0.1, 0.15) is 10.4 Å². The van der Waals surface area contributed by atoms with Gasteiger partial charge in [0, 0.05) is 18.2 Å². The Labute approximate surface area is 108 Å². The Morgan fingerprint density at radius 2 is 2.41 bits per heavy atom. The minimum absolute atomic E-state index is 0.300. The number of carbonyl (C=O) groups excluding carboxylic acids is 1. The molecule has 0 saturated carbocycles. The van der Waals surface area contributed by atoms with Crippen molar-refractivity contribution < 1.29 is 14.3 Å². The summed E-state index contributed by atoms with van der Waals surface area (Å²) >= 11 is 3.37. The van der Waals surface area contributed by atoms with E-state index in [9.17, 15) is 4.79 Å². The number of hydrogen-bond acceptors (Lipinski definition) is 4. The van der Waals surface area contributed by atoms with E-state index in [0.29, 0.717) is 25.2 Å². The summed E-state index contributed by atoms with van der Waals surface area (Å²) in [5, 5.41) is 0. The number of nitrogens with zero attached hydrogens (tertiary/aromatic N) is 1. The first-order valence-electron chi connectivity index (χ1n) is 5.62. The molecular formula is C12H14BrNO3. The van der Waals surface area contributed by atoms with Crippen LogP contribution in [0.15, 0.2) is 16.9 Å². The smallest absolute Gasteiger partial charge is 0.350 e. The van der Waals surface area contributed by atoms with Gasteiger partial charge in [0.25, 0.3) is 0 Å². The van der Waals surface area contributed by atoms with Crippen LogP contribution >= 0.6 is 15.9 Å². The summed E-state index contributed by atoms with van der Waals surface area (Å²) in [6.45, 7) is 4.07. The average Bonchev–Trinajstić information content (AvgIpc) is 2.71. The number of hydrogen-bond donors (Lipinski definition) is 0. The third-order valence-electron chi connectivity index (χ3n) is 2.95. The van der Waals surface area contributed by atoms with Crippen molar-refractivity contribution in [2.24, 2.45) is 0 Å². The molecule has 1 aromatic rings. The van der Waals surface area contributed by atoms with Gasteiger partial charge in [-0.25, -0.2) is 9.78 Å². The number of rotatable bonds is 3. The summed E-state index contributed by atoms with van der Waals surface area (Å²) in [4.78, 5) is 16.1. The Hall–Kier alpha value is -1.10. The fourth-order valence-electron chi connectivity index (χ4n) is 1.96. The number of aromatic nitrogens is 1. The van der Waals surface area contributed by atoms with Crippen molar-refractivity contribution in [1.82, 2.24) is 4.98 Å². The maximum Gasteiger partial charge on any atom is 0.350 e. The number of halogens is 1. The summed E-state index contributed by atoms with van der Waals surface area (Å²) in [6, 6.07) is 1.77. The lowest BCUT2D eigenvalue weighted by molar-refractivity contribution is -0.160.